The Morgan fingerprint density at radius 2 is 1.80 bits per heavy atom. The molecule has 0 bridgehead atoms. The third-order valence-corrected chi connectivity index (χ3v) is 5.92. The minimum atomic E-state index is -0.209. The lowest BCUT2D eigenvalue weighted by Gasteiger charge is -2.32. The maximum atomic E-state index is 13.0. The molecule has 0 atom stereocenters. The first-order valence-electron chi connectivity index (χ1n) is 9.89. The number of carbonyl (C=O) groups is 2. The Balaban J connectivity index is 1.37. The summed E-state index contributed by atoms with van der Waals surface area (Å²) in [5, 5.41) is 7.41. The highest BCUT2D eigenvalue weighted by atomic mass is 79.9. The van der Waals surface area contributed by atoms with Gasteiger partial charge in [0.1, 0.15) is 5.76 Å². The normalized spacial score (nSPS) is 14.7. The van der Waals surface area contributed by atoms with Crippen LogP contribution < -0.4 is 5.32 Å². The zero-order valence-electron chi connectivity index (χ0n) is 16.9. The first kappa shape index (κ1) is 20.4. The van der Waals surface area contributed by atoms with Gasteiger partial charge in [-0.25, -0.2) is 4.68 Å². The lowest BCUT2D eigenvalue weighted by atomic mass is 10.0. The van der Waals surface area contributed by atoms with E-state index in [0.717, 1.165) is 15.9 Å². The average molecular weight is 471 g/mol. The number of halogens is 1. The summed E-state index contributed by atoms with van der Waals surface area (Å²) in [4.78, 5) is 27.1. The molecule has 1 aliphatic rings. The molecule has 1 saturated heterocycles. The molecule has 8 heteroatoms. The Morgan fingerprint density at radius 1 is 1.10 bits per heavy atom. The van der Waals surface area contributed by atoms with Crippen LogP contribution in [0.5, 0.6) is 0 Å². The van der Waals surface area contributed by atoms with E-state index in [0.29, 0.717) is 43.0 Å². The quantitative estimate of drug-likeness (QED) is 0.627. The molecule has 1 fully saturated rings. The van der Waals surface area contributed by atoms with E-state index in [1.165, 1.54) is 0 Å². The predicted octanol–water partition coefficient (Wildman–Crippen LogP) is 3.88. The molecule has 3 aromatic rings. The number of likely N-dealkylation sites (tertiary alicyclic amines) is 1. The van der Waals surface area contributed by atoms with Gasteiger partial charge in [-0.3, -0.25) is 9.59 Å². The molecule has 30 heavy (non-hydrogen) atoms. The molecule has 0 spiro atoms. The van der Waals surface area contributed by atoms with E-state index in [1.54, 1.807) is 23.0 Å². The van der Waals surface area contributed by atoms with Crippen molar-refractivity contribution in [2.75, 3.05) is 13.1 Å². The maximum Gasteiger partial charge on any atom is 0.287 e. The molecule has 0 aliphatic carbocycles. The molecule has 0 radical (unpaired) electrons. The molecule has 2 amide bonds. The van der Waals surface area contributed by atoms with Gasteiger partial charge in [0, 0.05) is 23.6 Å². The number of aryl methyl sites for hydroxylation is 1. The highest BCUT2D eigenvalue weighted by Gasteiger charge is 2.27. The number of aromatic nitrogens is 2. The molecule has 3 heterocycles. The average Bonchev–Trinajstić information content (AvgIpc) is 3.34. The van der Waals surface area contributed by atoms with Crippen molar-refractivity contribution in [1.82, 2.24) is 20.0 Å². The zero-order valence-corrected chi connectivity index (χ0v) is 18.5. The molecule has 1 aromatic carbocycles. The van der Waals surface area contributed by atoms with Gasteiger partial charge in [-0.1, -0.05) is 15.9 Å². The van der Waals surface area contributed by atoms with Crippen molar-refractivity contribution in [3.63, 3.8) is 0 Å². The first-order chi connectivity index (χ1) is 14.4. The number of furan rings is 1. The van der Waals surface area contributed by atoms with Crippen LogP contribution in [0, 0.1) is 13.8 Å². The van der Waals surface area contributed by atoms with Crippen LogP contribution in [0.25, 0.3) is 5.69 Å². The summed E-state index contributed by atoms with van der Waals surface area (Å²) in [6.45, 7) is 4.88. The Labute approximate surface area is 183 Å². The third kappa shape index (κ3) is 4.18. The second-order valence-corrected chi connectivity index (χ2v) is 8.40. The van der Waals surface area contributed by atoms with Gasteiger partial charge in [0.2, 0.25) is 0 Å². The number of nitrogens with one attached hydrogen (secondary N) is 1. The van der Waals surface area contributed by atoms with Crippen molar-refractivity contribution in [3.8, 4) is 5.69 Å². The minimum absolute atomic E-state index is 0.0257. The number of amides is 2. The molecule has 1 aliphatic heterocycles. The standard InChI is InChI=1S/C22H23BrN4O3/c1-14-3-8-20(30-14)21(28)25-17-9-11-26(12-10-17)22(29)19-13-24-27(15(19)2)18-6-4-16(23)5-7-18/h3-8,13,17H,9-12H2,1-2H3,(H,25,28). The molecule has 1 N–H and O–H groups in total. The highest BCUT2D eigenvalue weighted by Crippen LogP contribution is 2.20. The van der Waals surface area contributed by atoms with Crippen LogP contribution in [0.3, 0.4) is 0 Å². The van der Waals surface area contributed by atoms with Crippen LogP contribution in [0.15, 0.2) is 51.5 Å². The second-order valence-electron chi connectivity index (χ2n) is 7.48. The van der Waals surface area contributed by atoms with Crippen LogP contribution >= 0.6 is 15.9 Å². The van der Waals surface area contributed by atoms with Crippen LogP contribution in [0.1, 0.15) is 45.2 Å². The van der Waals surface area contributed by atoms with Crippen molar-refractivity contribution in [2.45, 2.75) is 32.7 Å². The summed E-state index contributed by atoms with van der Waals surface area (Å²) in [5.41, 5.74) is 2.32. The topological polar surface area (TPSA) is 80.4 Å². The fourth-order valence-electron chi connectivity index (χ4n) is 3.67. The van der Waals surface area contributed by atoms with Gasteiger partial charge in [0.05, 0.1) is 23.1 Å². The van der Waals surface area contributed by atoms with Gasteiger partial charge in [-0.2, -0.15) is 5.10 Å². The van der Waals surface area contributed by atoms with Crippen molar-refractivity contribution < 1.29 is 14.0 Å². The van der Waals surface area contributed by atoms with Gasteiger partial charge < -0.3 is 14.6 Å². The van der Waals surface area contributed by atoms with Gasteiger partial charge in [0.25, 0.3) is 11.8 Å². The Hall–Kier alpha value is -2.87. The number of piperidine rings is 1. The zero-order chi connectivity index (χ0) is 21.3. The minimum Gasteiger partial charge on any atom is -0.456 e. The predicted molar refractivity (Wildman–Crippen MR) is 116 cm³/mol. The summed E-state index contributed by atoms with van der Waals surface area (Å²) in [6, 6.07) is 11.3. The lowest BCUT2D eigenvalue weighted by molar-refractivity contribution is 0.0695. The van der Waals surface area contributed by atoms with E-state index in [-0.39, 0.29) is 17.9 Å². The van der Waals surface area contributed by atoms with Gasteiger partial charge in [-0.15, -0.1) is 0 Å². The van der Waals surface area contributed by atoms with Gasteiger partial charge in [0.15, 0.2) is 5.76 Å². The number of benzene rings is 1. The van der Waals surface area contributed by atoms with Gasteiger partial charge in [-0.05, 0) is 63.1 Å². The number of rotatable bonds is 4. The number of hydrogen-bond donors (Lipinski definition) is 1. The monoisotopic (exact) mass is 470 g/mol. The molecule has 0 saturated carbocycles. The Morgan fingerprint density at radius 3 is 2.43 bits per heavy atom. The molecule has 4 rings (SSSR count). The van der Waals surface area contributed by atoms with E-state index < -0.39 is 0 Å². The molecule has 7 nitrogen and oxygen atoms in total. The number of carbonyl (C=O) groups excluding carboxylic acids is 2. The summed E-state index contributed by atoms with van der Waals surface area (Å²) >= 11 is 3.43. The largest absolute Gasteiger partial charge is 0.456 e. The highest BCUT2D eigenvalue weighted by molar-refractivity contribution is 9.10. The van der Waals surface area contributed by atoms with Crippen molar-refractivity contribution in [3.05, 3.63) is 69.8 Å². The molecular weight excluding hydrogens is 448 g/mol. The summed E-state index contributed by atoms with van der Waals surface area (Å²) in [5.74, 6) is 0.795. The van der Waals surface area contributed by atoms with Crippen molar-refractivity contribution >= 4 is 27.7 Å². The molecule has 2 aromatic heterocycles. The van der Waals surface area contributed by atoms with Crippen LogP contribution in [-0.4, -0.2) is 45.6 Å². The summed E-state index contributed by atoms with van der Waals surface area (Å²) in [7, 11) is 0. The van der Waals surface area contributed by atoms with Crippen LogP contribution in [0.2, 0.25) is 0 Å². The second kappa shape index (κ2) is 8.47. The lowest BCUT2D eigenvalue weighted by Crippen LogP contribution is -2.46. The summed E-state index contributed by atoms with van der Waals surface area (Å²) in [6.07, 6.45) is 3.04. The van der Waals surface area contributed by atoms with E-state index in [2.05, 4.69) is 26.3 Å². The van der Waals surface area contributed by atoms with Gasteiger partial charge >= 0.3 is 0 Å². The van der Waals surface area contributed by atoms with Crippen molar-refractivity contribution in [1.29, 1.82) is 0 Å². The molecule has 156 valence electrons. The third-order valence-electron chi connectivity index (χ3n) is 5.39. The van der Waals surface area contributed by atoms with E-state index in [9.17, 15) is 9.59 Å². The molecule has 0 unspecified atom stereocenters. The Kier molecular flexibility index (Phi) is 5.76. The summed E-state index contributed by atoms with van der Waals surface area (Å²) < 4.78 is 8.14. The maximum absolute atomic E-state index is 13.0. The van der Waals surface area contributed by atoms with Crippen molar-refractivity contribution in [2.24, 2.45) is 0 Å². The smallest absolute Gasteiger partial charge is 0.287 e. The molecular formula is C22H23BrN4O3. The SMILES string of the molecule is Cc1ccc(C(=O)NC2CCN(C(=O)c3cnn(-c4ccc(Br)cc4)c3C)CC2)o1. The van der Waals surface area contributed by atoms with Crippen LogP contribution in [0.4, 0.5) is 0 Å². The number of hydrogen-bond acceptors (Lipinski definition) is 4. The van der Waals surface area contributed by atoms with Crippen LogP contribution in [-0.2, 0) is 0 Å². The fourth-order valence-corrected chi connectivity index (χ4v) is 3.94. The fraction of sp³-hybridized carbons (Fsp3) is 0.318. The number of nitrogens with zero attached hydrogens (tertiary/aromatic N) is 3. The van der Waals surface area contributed by atoms with E-state index >= 15 is 0 Å². The first-order valence-corrected chi connectivity index (χ1v) is 10.7. The van der Waals surface area contributed by atoms with E-state index in [4.69, 9.17) is 4.42 Å². The van der Waals surface area contributed by atoms with E-state index in [1.807, 2.05) is 43.0 Å². The Bertz CT molecular complexity index is 1060.